The fourth-order valence-corrected chi connectivity index (χ4v) is 1.83. The molecule has 1 aromatic carbocycles. The summed E-state index contributed by atoms with van der Waals surface area (Å²) in [6, 6.07) is 0.228. The van der Waals surface area contributed by atoms with Crippen LogP contribution in [-0.2, 0) is 9.53 Å². The Morgan fingerprint density at radius 3 is 2.57 bits per heavy atom. The van der Waals surface area contributed by atoms with Gasteiger partial charge in [0.05, 0.1) is 18.4 Å². The van der Waals surface area contributed by atoms with E-state index in [0.717, 1.165) is 13.2 Å². The Morgan fingerprint density at radius 2 is 2.05 bits per heavy atom. The number of hydrogen-bond acceptors (Lipinski definition) is 5. The van der Waals surface area contributed by atoms with Crippen molar-refractivity contribution in [3.05, 3.63) is 39.4 Å². The lowest BCUT2D eigenvalue weighted by atomic mass is 10.1. The third-order valence-corrected chi connectivity index (χ3v) is 3.08. The molecule has 1 aliphatic carbocycles. The molecule has 2 atom stereocenters. The average molecular weight is 300 g/mol. The second-order valence-electron chi connectivity index (χ2n) is 4.49. The minimum absolute atomic E-state index is 0.0610. The van der Waals surface area contributed by atoms with Crippen molar-refractivity contribution in [1.29, 1.82) is 0 Å². The number of methoxy groups -OCH3 is 1. The maximum absolute atomic E-state index is 13.6. The summed E-state index contributed by atoms with van der Waals surface area (Å²) >= 11 is 0. The Balaban J connectivity index is 2.19. The summed E-state index contributed by atoms with van der Waals surface area (Å²) in [6.45, 7) is 0. The molecule has 0 saturated heterocycles. The highest BCUT2D eigenvalue weighted by Gasteiger charge is 2.53. The number of ether oxygens (including phenoxy) is 1. The summed E-state index contributed by atoms with van der Waals surface area (Å²) < 4.78 is 31.3. The summed E-state index contributed by atoms with van der Waals surface area (Å²) in [7, 11) is 1.02. The van der Waals surface area contributed by atoms with E-state index in [1.807, 2.05) is 0 Å². The van der Waals surface area contributed by atoms with Gasteiger partial charge in [-0.15, -0.1) is 0 Å². The summed E-state index contributed by atoms with van der Waals surface area (Å²) in [5.74, 6) is -4.86. The number of nitro groups is 1. The summed E-state index contributed by atoms with van der Waals surface area (Å²) in [5, 5.41) is 12.6. The number of carbonyl (C=O) groups excluding carboxylic acids is 2. The molecular weight excluding hydrogens is 290 g/mol. The molecule has 0 unspecified atom stereocenters. The van der Waals surface area contributed by atoms with Crippen LogP contribution in [0.1, 0.15) is 16.8 Å². The minimum atomic E-state index is -1.13. The number of hydrogen-bond donors (Lipinski definition) is 1. The SMILES string of the molecule is COC(=O)c1cc(NC(=O)[C@H]2C[C@@H]2[N+](=O)[O-])c(F)cc1F. The van der Waals surface area contributed by atoms with Crippen LogP contribution in [0.5, 0.6) is 0 Å². The van der Waals surface area contributed by atoms with E-state index in [1.165, 1.54) is 0 Å². The maximum Gasteiger partial charge on any atom is 0.340 e. The van der Waals surface area contributed by atoms with E-state index < -0.39 is 51.6 Å². The fraction of sp³-hybridized carbons (Fsp3) is 0.333. The number of carbonyl (C=O) groups is 2. The van der Waals surface area contributed by atoms with Gasteiger partial charge in [-0.05, 0) is 6.07 Å². The van der Waals surface area contributed by atoms with Gasteiger partial charge in [-0.3, -0.25) is 14.9 Å². The largest absolute Gasteiger partial charge is 0.465 e. The fourth-order valence-electron chi connectivity index (χ4n) is 1.83. The molecule has 0 bridgehead atoms. The molecule has 0 heterocycles. The van der Waals surface area contributed by atoms with Gasteiger partial charge in [-0.1, -0.05) is 0 Å². The Labute approximate surface area is 117 Å². The van der Waals surface area contributed by atoms with E-state index >= 15 is 0 Å². The van der Waals surface area contributed by atoms with Gasteiger partial charge in [-0.25, -0.2) is 13.6 Å². The summed E-state index contributed by atoms with van der Waals surface area (Å²) in [4.78, 5) is 32.8. The summed E-state index contributed by atoms with van der Waals surface area (Å²) in [5.41, 5.74) is -0.980. The molecule has 7 nitrogen and oxygen atoms in total. The number of halogens is 2. The van der Waals surface area contributed by atoms with Gasteiger partial charge in [0.25, 0.3) is 0 Å². The van der Waals surface area contributed by atoms with Crippen molar-refractivity contribution in [2.24, 2.45) is 5.92 Å². The smallest absolute Gasteiger partial charge is 0.340 e. The van der Waals surface area contributed by atoms with E-state index in [-0.39, 0.29) is 6.42 Å². The molecule has 1 saturated carbocycles. The Bertz CT molecular complexity index is 634. The first-order valence-electron chi connectivity index (χ1n) is 5.87. The number of amides is 1. The standard InChI is InChI=1S/C12H10F2N2O5/c1-21-12(18)5-2-9(8(14)4-7(5)13)15-11(17)6-3-10(6)16(19)20/h2,4,6,10H,3H2,1H3,(H,15,17)/t6-,10-/m0/s1. The first-order chi connectivity index (χ1) is 9.85. The van der Waals surface area contributed by atoms with Crippen molar-refractivity contribution < 1.29 is 28.0 Å². The molecule has 21 heavy (non-hydrogen) atoms. The van der Waals surface area contributed by atoms with Gasteiger partial charge in [0, 0.05) is 17.4 Å². The predicted molar refractivity (Wildman–Crippen MR) is 65.2 cm³/mol. The molecule has 1 N–H and O–H groups in total. The van der Waals surface area contributed by atoms with E-state index in [2.05, 4.69) is 10.1 Å². The Morgan fingerprint density at radius 1 is 1.38 bits per heavy atom. The van der Waals surface area contributed by atoms with Crippen LogP contribution < -0.4 is 5.32 Å². The topological polar surface area (TPSA) is 98.5 Å². The molecule has 0 spiro atoms. The molecule has 0 aromatic heterocycles. The van der Waals surface area contributed by atoms with Crippen LogP contribution in [0.2, 0.25) is 0 Å². The zero-order valence-corrected chi connectivity index (χ0v) is 10.8. The Kier molecular flexibility index (Phi) is 3.83. The number of esters is 1. The lowest BCUT2D eigenvalue weighted by Crippen LogP contribution is -2.19. The first kappa shape index (κ1) is 14.8. The normalized spacial score (nSPS) is 19.8. The van der Waals surface area contributed by atoms with Crippen molar-refractivity contribution in [3.8, 4) is 0 Å². The van der Waals surface area contributed by atoms with Gasteiger partial charge >= 0.3 is 5.97 Å². The number of nitrogens with zero attached hydrogens (tertiary/aromatic N) is 1. The van der Waals surface area contributed by atoms with Gasteiger partial charge in [-0.2, -0.15) is 0 Å². The second-order valence-corrected chi connectivity index (χ2v) is 4.49. The van der Waals surface area contributed by atoms with Crippen LogP contribution in [0.3, 0.4) is 0 Å². The third-order valence-electron chi connectivity index (χ3n) is 3.08. The van der Waals surface area contributed by atoms with Crippen molar-refractivity contribution >= 4 is 17.6 Å². The molecule has 1 amide bonds. The van der Waals surface area contributed by atoms with Crippen molar-refractivity contribution in [1.82, 2.24) is 0 Å². The number of anilines is 1. The van der Waals surface area contributed by atoms with E-state index in [4.69, 9.17) is 0 Å². The highest BCUT2D eigenvalue weighted by Crippen LogP contribution is 2.34. The number of nitrogens with one attached hydrogen (secondary N) is 1. The lowest BCUT2D eigenvalue weighted by molar-refractivity contribution is -0.497. The van der Waals surface area contributed by atoms with Crippen LogP contribution >= 0.6 is 0 Å². The maximum atomic E-state index is 13.6. The molecule has 2 rings (SSSR count). The van der Waals surface area contributed by atoms with Crippen LogP contribution in [0.15, 0.2) is 12.1 Å². The van der Waals surface area contributed by atoms with Crippen LogP contribution in [-0.4, -0.2) is 30.0 Å². The molecular formula is C12H10F2N2O5. The molecule has 1 aromatic rings. The third kappa shape index (κ3) is 2.96. The van der Waals surface area contributed by atoms with Gasteiger partial charge in [0.1, 0.15) is 17.6 Å². The van der Waals surface area contributed by atoms with E-state index in [0.29, 0.717) is 6.07 Å². The second kappa shape index (κ2) is 5.43. The average Bonchev–Trinajstić information content (AvgIpc) is 3.21. The molecule has 9 heteroatoms. The van der Waals surface area contributed by atoms with Crippen LogP contribution in [0.4, 0.5) is 14.5 Å². The van der Waals surface area contributed by atoms with Crippen molar-refractivity contribution in [2.75, 3.05) is 12.4 Å². The molecule has 1 fully saturated rings. The molecule has 1 aliphatic rings. The van der Waals surface area contributed by atoms with Gasteiger partial charge < -0.3 is 10.1 Å². The quantitative estimate of drug-likeness (QED) is 0.514. The highest BCUT2D eigenvalue weighted by atomic mass is 19.1. The predicted octanol–water partition coefficient (Wildman–Crippen LogP) is 1.36. The van der Waals surface area contributed by atoms with Gasteiger partial charge in [0.15, 0.2) is 0 Å². The highest BCUT2D eigenvalue weighted by molar-refractivity contribution is 5.97. The van der Waals surface area contributed by atoms with Crippen LogP contribution in [0, 0.1) is 27.7 Å². The minimum Gasteiger partial charge on any atom is -0.465 e. The van der Waals surface area contributed by atoms with Crippen molar-refractivity contribution in [2.45, 2.75) is 12.5 Å². The Hall–Kier alpha value is -2.58. The number of rotatable bonds is 4. The van der Waals surface area contributed by atoms with Crippen LogP contribution in [0.25, 0.3) is 0 Å². The number of benzene rings is 1. The first-order valence-corrected chi connectivity index (χ1v) is 5.87. The zero-order valence-electron chi connectivity index (χ0n) is 10.8. The molecule has 112 valence electrons. The van der Waals surface area contributed by atoms with Gasteiger partial charge in [0.2, 0.25) is 11.9 Å². The lowest BCUT2D eigenvalue weighted by Gasteiger charge is -2.08. The van der Waals surface area contributed by atoms with E-state index in [9.17, 15) is 28.5 Å². The zero-order chi connectivity index (χ0) is 15.7. The van der Waals surface area contributed by atoms with E-state index in [1.54, 1.807) is 0 Å². The summed E-state index contributed by atoms with van der Waals surface area (Å²) in [6.07, 6.45) is 0.0610. The molecule has 0 aliphatic heterocycles. The van der Waals surface area contributed by atoms with Crippen molar-refractivity contribution in [3.63, 3.8) is 0 Å². The monoisotopic (exact) mass is 300 g/mol. The molecule has 0 radical (unpaired) electrons.